The second-order valence-electron chi connectivity index (χ2n) is 4.48. The lowest BCUT2D eigenvalue weighted by molar-refractivity contribution is 0.575. The van der Waals surface area contributed by atoms with Crippen LogP contribution in [-0.4, -0.2) is 4.98 Å². The fraction of sp³-hybridized carbons (Fsp3) is 0.0625. The predicted molar refractivity (Wildman–Crippen MR) is 75.4 cm³/mol. The Morgan fingerprint density at radius 3 is 2.65 bits per heavy atom. The van der Waals surface area contributed by atoms with E-state index in [9.17, 15) is 8.78 Å². The van der Waals surface area contributed by atoms with E-state index in [2.05, 4.69) is 10.3 Å². The molecule has 100 valence electrons. The van der Waals surface area contributed by atoms with Crippen molar-refractivity contribution in [2.45, 2.75) is 6.54 Å². The van der Waals surface area contributed by atoms with Gasteiger partial charge in [-0.2, -0.15) is 0 Å². The highest BCUT2D eigenvalue weighted by atomic mass is 19.1. The van der Waals surface area contributed by atoms with Crippen LogP contribution in [0.25, 0.3) is 10.8 Å². The summed E-state index contributed by atoms with van der Waals surface area (Å²) in [7, 11) is 0. The molecule has 0 spiro atoms. The van der Waals surface area contributed by atoms with E-state index in [-0.39, 0.29) is 5.82 Å². The van der Waals surface area contributed by atoms with Crippen molar-refractivity contribution in [3.05, 3.63) is 71.9 Å². The first kappa shape index (κ1) is 12.5. The van der Waals surface area contributed by atoms with Crippen LogP contribution < -0.4 is 5.32 Å². The van der Waals surface area contributed by atoms with Crippen molar-refractivity contribution in [1.82, 2.24) is 4.98 Å². The van der Waals surface area contributed by atoms with Crippen LogP contribution in [0.4, 0.5) is 14.6 Å². The van der Waals surface area contributed by atoms with E-state index in [1.165, 1.54) is 0 Å². The topological polar surface area (TPSA) is 24.9 Å². The average molecular weight is 270 g/mol. The zero-order chi connectivity index (χ0) is 13.9. The van der Waals surface area contributed by atoms with E-state index in [0.717, 1.165) is 28.6 Å². The molecule has 0 atom stereocenters. The molecule has 0 fully saturated rings. The monoisotopic (exact) mass is 270 g/mol. The van der Waals surface area contributed by atoms with Crippen LogP contribution >= 0.6 is 0 Å². The highest BCUT2D eigenvalue weighted by molar-refractivity contribution is 5.85. The van der Waals surface area contributed by atoms with Gasteiger partial charge in [-0.1, -0.05) is 42.5 Å². The van der Waals surface area contributed by atoms with E-state index >= 15 is 0 Å². The summed E-state index contributed by atoms with van der Waals surface area (Å²) in [6, 6.07) is 14.7. The van der Waals surface area contributed by atoms with E-state index < -0.39 is 11.6 Å². The smallest absolute Gasteiger partial charge is 0.168 e. The molecule has 3 aromatic rings. The standard InChI is InChI=1S/C16H12F2N2/c17-13-8-15(18)16(20-10-13)19-9-12-6-3-5-11-4-1-2-7-14(11)12/h1-8,10H,9H2,(H,19,20). The molecule has 0 aliphatic carbocycles. The van der Waals surface area contributed by atoms with Gasteiger partial charge in [-0.25, -0.2) is 13.8 Å². The zero-order valence-corrected chi connectivity index (χ0v) is 10.6. The molecule has 0 saturated carbocycles. The first-order chi connectivity index (χ1) is 9.74. The SMILES string of the molecule is Fc1cnc(NCc2cccc3ccccc23)c(F)c1. The number of rotatable bonds is 3. The first-order valence-electron chi connectivity index (χ1n) is 6.25. The molecule has 0 aliphatic rings. The van der Waals surface area contributed by atoms with Crippen LogP contribution in [0.5, 0.6) is 0 Å². The predicted octanol–water partition coefficient (Wildman–Crippen LogP) is 4.13. The number of anilines is 1. The van der Waals surface area contributed by atoms with Crippen molar-refractivity contribution in [3.8, 4) is 0 Å². The maximum Gasteiger partial charge on any atom is 0.168 e. The Morgan fingerprint density at radius 1 is 1.00 bits per heavy atom. The molecule has 1 heterocycles. The molecule has 0 radical (unpaired) electrons. The Kier molecular flexibility index (Phi) is 3.29. The minimum absolute atomic E-state index is 0.0549. The van der Waals surface area contributed by atoms with E-state index in [0.29, 0.717) is 6.54 Å². The summed E-state index contributed by atoms with van der Waals surface area (Å²) >= 11 is 0. The molecular formula is C16H12F2N2. The number of hydrogen-bond donors (Lipinski definition) is 1. The average Bonchev–Trinajstić information content (AvgIpc) is 2.46. The number of hydrogen-bond acceptors (Lipinski definition) is 2. The van der Waals surface area contributed by atoms with Crippen molar-refractivity contribution in [1.29, 1.82) is 0 Å². The van der Waals surface area contributed by atoms with Gasteiger partial charge in [-0.3, -0.25) is 0 Å². The lowest BCUT2D eigenvalue weighted by Gasteiger charge is -2.09. The summed E-state index contributed by atoms with van der Waals surface area (Å²) in [5.74, 6) is -1.32. The van der Waals surface area contributed by atoms with Gasteiger partial charge in [0.25, 0.3) is 0 Å². The first-order valence-corrected chi connectivity index (χ1v) is 6.25. The normalized spacial score (nSPS) is 10.7. The van der Waals surface area contributed by atoms with Gasteiger partial charge in [-0.05, 0) is 16.3 Å². The van der Waals surface area contributed by atoms with Gasteiger partial charge in [0.1, 0.15) is 5.82 Å². The molecule has 1 aromatic heterocycles. The minimum atomic E-state index is -0.690. The second-order valence-corrected chi connectivity index (χ2v) is 4.48. The third-order valence-electron chi connectivity index (χ3n) is 3.13. The molecule has 0 bridgehead atoms. The summed E-state index contributed by atoms with van der Waals surface area (Å²) in [6.45, 7) is 0.427. The fourth-order valence-electron chi connectivity index (χ4n) is 2.17. The molecule has 0 aliphatic heterocycles. The Hall–Kier alpha value is -2.49. The van der Waals surface area contributed by atoms with Crippen LogP contribution in [0.15, 0.2) is 54.7 Å². The molecule has 0 unspecified atom stereocenters. The van der Waals surface area contributed by atoms with Crippen LogP contribution in [0.3, 0.4) is 0 Å². The van der Waals surface area contributed by atoms with Gasteiger partial charge in [-0.15, -0.1) is 0 Å². The fourth-order valence-corrected chi connectivity index (χ4v) is 2.17. The number of fused-ring (bicyclic) bond motifs is 1. The Labute approximate surface area is 115 Å². The van der Waals surface area contributed by atoms with Gasteiger partial charge in [0.05, 0.1) is 6.20 Å². The molecule has 20 heavy (non-hydrogen) atoms. The third-order valence-corrected chi connectivity index (χ3v) is 3.13. The Morgan fingerprint density at radius 2 is 1.80 bits per heavy atom. The molecule has 0 amide bonds. The van der Waals surface area contributed by atoms with E-state index in [1.54, 1.807) is 0 Å². The third kappa shape index (κ3) is 2.45. The van der Waals surface area contributed by atoms with Crippen molar-refractivity contribution in [2.24, 2.45) is 0 Å². The minimum Gasteiger partial charge on any atom is -0.364 e. The van der Waals surface area contributed by atoms with Crippen molar-refractivity contribution in [3.63, 3.8) is 0 Å². The lowest BCUT2D eigenvalue weighted by Crippen LogP contribution is -2.04. The molecular weight excluding hydrogens is 258 g/mol. The zero-order valence-electron chi connectivity index (χ0n) is 10.6. The molecule has 3 rings (SSSR count). The Bertz CT molecular complexity index is 751. The summed E-state index contributed by atoms with van der Waals surface area (Å²) in [5, 5.41) is 5.12. The summed E-state index contributed by atoms with van der Waals surface area (Å²) in [5.41, 5.74) is 1.04. The largest absolute Gasteiger partial charge is 0.364 e. The van der Waals surface area contributed by atoms with Gasteiger partial charge in [0, 0.05) is 12.6 Å². The summed E-state index contributed by atoms with van der Waals surface area (Å²) in [4.78, 5) is 3.71. The van der Waals surface area contributed by atoms with Gasteiger partial charge in [0.15, 0.2) is 11.6 Å². The van der Waals surface area contributed by atoms with Gasteiger partial charge < -0.3 is 5.32 Å². The van der Waals surface area contributed by atoms with E-state index in [4.69, 9.17) is 0 Å². The van der Waals surface area contributed by atoms with Crippen LogP contribution in [-0.2, 0) is 6.54 Å². The summed E-state index contributed by atoms with van der Waals surface area (Å²) < 4.78 is 26.3. The number of halogens is 2. The van der Waals surface area contributed by atoms with Crippen molar-refractivity contribution in [2.75, 3.05) is 5.32 Å². The van der Waals surface area contributed by atoms with Crippen LogP contribution in [0.1, 0.15) is 5.56 Å². The van der Waals surface area contributed by atoms with Crippen molar-refractivity contribution < 1.29 is 8.78 Å². The second kappa shape index (κ2) is 5.25. The van der Waals surface area contributed by atoms with E-state index in [1.807, 2.05) is 42.5 Å². The maximum atomic E-state index is 13.5. The number of pyridine rings is 1. The van der Waals surface area contributed by atoms with Crippen molar-refractivity contribution >= 4 is 16.6 Å². The molecule has 4 heteroatoms. The number of nitrogens with one attached hydrogen (secondary N) is 1. The van der Waals surface area contributed by atoms with Crippen LogP contribution in [0.2, 0.25) is 0 Å². The van der Waals surface area contributed by atoms with Gasteiger partial charge in [0.2, 0.25) is 0 Å². The highest BCUT2D eigenvalue weighted by Gasteiger charge is 2.06. The molecule has 0 saturated heterocycles. The quantitative estimate of drug-likeness (QED) is 0.774. The molecule has 1 N–H and O–H groups in total. The Balaban J connectivity index is 1.87. The van der Waals surface area contributed by atoms with Crippen LogP contribution in [0, 0.1) is 11.6 Å². The number of aromatic nitrogens is 1. The summed E-state index contributed by atoms with van der Waals surface area (Å²) in [6.07, 6.45) is 0.995. The number of benzene rings is 2. The highest BCUT2D eigenvalue weighted by Crippen LogP contribution is 2.20. The molecule has 2 aromatic carbocycles. The lowest BCUT2D eigenvalue weighted by atomic mass is 10.0. The molecule has 2 nitrogen and oxygen atoms in total. The number of nitrogens with zero attached hydrogens (tertiary/aromatic N) is 1. The van der Waals surface area contributed by atoms with Gasteiger partial charge >= 0.3 is 0 Å². The maximum absolute atomic E-state index is 13.5.